The molecule has 3 heteroatoms. The number of nitrogens with zero attached hydrogens (tertiary/aromatic N) is 1. The van der Waals surface area contributed by atoms with Crippen molar-refractivity contribution < 1.29 is 4.79 Å². The summed E-state index contributed by atoms with van der Waals surface area (Å²) in [7, 11) is 0. The fraction of sp³-hybridized carbons (Fsp3) is 0.111. The molecule has 0 unspecified atom stereocenters. The zero-order chi connectivity index (χ0) is 8.97. The Bertz CT molecular complexity index is 341. The lowest BCUT2D eigenvalue weighted by molar-refractivity contribution is -0.110. The average molecular weight is 177 g/mol. The molecule has 0 bridgehead atoms. The third-order valence-electron chi connectivity index (χ3n) is 1.48. The van der Waals surface area contributed by atoms with Crippen molar-refractivity contribution in [1.82, 2.24) is 0 Å². The zero-order valence-corrected chi connectivity index (χ0v) is 7.21. The Kier molecular flexibility index (Phi) is 2.89. The van der Waals surface area contributed by atoms with Crippen LogP contribution in [0.25, 0.3) is 0 Å². The maximum absolute atomic E-state index is 10.6. The van der Waals surface area contributed by atoms with E-state index in [9.17, 15) is 4.79 Å². The molecule has 1 aromatic rings. The van der Waals surface area contributed by atoms with Gasteiger partial charge >= 0.3 is 0 Å². The molecule has 1 aromatic carbocycles. The third kappa shape index (κ3) is 2.11. The molecule has 0 aliphatic heterocycles. The number of hydrogen-bond acceptors (Lipinski definition) is 2. The van der Waals surface area contributed by atoms with Gasteiger partial charge < -0.3 is 0 Å². The van der Waals surface area contributed by atoms with E-state index < -0.39 is 0 Å². The standard InChI is InChI=1S/C9H7NOS/c10-6-8-4-2-1-3-7(8)5-9(11)12/h1-4H,5H2,(H,11,12). The monoisotopic (exact) mass is 177 g/mol. The number of rotatable bonds is 2. The van der Waals surface area contributed by atoms with Crippen molar-refractivity contribution >= 4 is 17.7 Å². The van der Waals surface area contributed by atoms with Gasteiger partial charge in [-0.25, -0.2) is 0 Å². The van der Waals surface area contributed by atoms with Crippen LogP contribution in [-0.4, -0.2) is 5.12 Å². The number of carbonyl (C=O) groups excluding carboxylic acids is 1. The Morgan fingerprint density at radius 2 is 2.17 bits per heavy atom. The van der Waals surface area contributed by atoms with E-state index in [1.165, 1.54) is 0 Å². The highest BCUT2D eigenvalue weighted by Gasteiger charge is 2.02. The van der Waals surface area contributed by atoms with Crippen LogP contribution in [0.3, 0.4) is 0 Å². The van der Waals surface area contributed by atoms with Gasteiger partial charge in [0.1, 0.15) is 0 Å². The van der Waals surface area contributed by atoms with E-state index in [0.29, 0.717) is 5.56 Å². The molecule has 0 saturated carbocycles. The molecule has 0 aliphatic rings. The summed E-state index contributed by atoms with van der Waals surface area (Å²) in [6.45, 7) is 0. The number of carbonyl (C=O) groups is 1. The topological polar surface area (TPSA) is 40.9 Å². The van der Waals surface area contributed by atoms with Gasteiger partial charge in [-0.15, -0.1) is 12.6 Å². The maximum atomic E-state index is 10.6. The fourth-order valence-electron chi connectivity index (χ4n) is 0.946. The van der Waals surface area contributed by atoms with E-state index in [0.717, 1.165) is 5.56 Å². The fourth-order valence-corrected chi connectivity index (χ4v) is 1.12. The van der Waals surface area contributed by atoms with Gasteiger partial charge in [0, 0.05) is 6.42 Å². The summed E-state index contributed by atoms with van der Waals surface area (Å²) in [5, 5.41) is 8.42. The Morgan fingerprint density at radius 3 is 2.75 bits per heavy atom. The Labute approximate surface area is 76.2 Å². The molecule has 1 rings (SSSR count). The van der Waals surface area contributed by atoms with Gasteiger partial charge in [-0.3, -0.25) is 4.79 Å². The molecule has 0 heterocycles. The lowest BCUT2D eigenvalue weighted by atomic mass is 10.1. The first-order chi connectivity index (χ1) is 5.74. The summed E-state index contributed by atoms with van der Waals surface area (Å²) < 4.78 is 0. The van der Waals surface area contributed by atoms with Gasteiger partial charge in [-0.05, 0) is 11.6 Å². The molecular weight excluding hydrogens is 170 g/mol. The molecule has 2 nitrogen and oxygen atoms in total. The van der Waals surface area contributed by atoms with Crippen LogP contribution in [-0.2, 0) is 11.2 Å². The molecule has 60 valence electrons. The minimum atomic E-state index is -0.224. The van der Waals surface area contributed by atoms with Crippen LogP contribution in [0.1, 0.15) is 11.1 Å². The van der Waals surface area contributed by atoms with Crippen LogP contribution in [0.5, 0.6) is 0 Å². The van der Waals surface area contributed by atoms with Gasteiger partial charge in [-0.2, -0.15) is 5.26 Å². The van der Waals surface area contributed by atoms with Gasteiger partial charge in [0.05, 0.1) is 11.6 Å². The largest absolute Gasteiger partial charge is 0.287 e. The number of thiol groups is 1. The van der Waals surface area contributed by atoms with Crippen molar-refractivity contribution in [2.75, 3.05) is 0 Å². The van der Waals surface area contributed by atoms with Crippen LogP contribution in [0.15, 0.2) is 24.3 Å². The molecule has 12 heavy (non-hydrogen) atoms. The smallest absolute Gasteiger partial charge is 0.190 e. The Balaban J connectivity index is 2.99. The summed E-state index contributed by atoms with van der Waals surface area (Å²) >= 11 is 3.65. The number of nitriles is 1. The molecule has 0 N–H and O–H groups in total. The van der Waals surface area contributed by atoms with E-state index in [4.69, 9.17) is 5.26 Å². The van der Waals surface area contributed by atoms with E-state index in [-0.39, 0.29) is 11.5 Å². The molecule has 0 aromatic heterocycles. The highest BCUT2D eigenvalue weighted by atomic mass is 32.1. The summed E-state index contributed by atoms with van der Waals surface area (Å²) in [6.07, 6.45) is 0.215. The van der Waals surface area contributed by atoms with Crippen molar-refractivity contribution in [3.63, 3.8) is 0 Å². The number of benzene rings is 1. The van der Waals surface area contributed by atoms with Crippen molar-refractivity contribution in [2.45, 2.75) is 6.42 Å². The van der Waals surface area contributed by atoms with E-state index in [2.05, 4.69) is 12.6 Å². The van der Waals surface area contributed by atoms with Gasteiger partial charge in [0.15, 0.2) is 5.12 Å². The Morgan fingerprint density at radius 1 is 1.50 bits per heavy atom. The van der Waals surface area contributed by atoms with E-state index in [1.807, 2.05) is 6.07 Å². The van der Waals surface area contributed by atoms with Crippen molar-refractivity contribution in [2.24, 2.45) is 0 Å². The number of hydrogen-bond donors (Lipinski definition) is 1. The summed E-state index contributed by atoms with van der Waals surface area (Å²) in [4.78, 5) is 10.6. The minimum Gasteiger partial charge on any atom is -0.287 e. The van der Waals surface area contributed by atoms with Gasteiger partial charge in [0.2, 0.25) is 0 Å². The molecular formula is C9H7NOS. The normalized spacial score (nSPS) is 9.00. The van der Waals surface area contributed by atoms with Crippen molar-refractivity contribution in [1.29, 1.82) is 5.26 Å². The van der Waals surface area contributed by atoms with Crippen LogP contribution in [0.2, 0.25) is 0 Å². The third-order valence-corrected chi connectivity index (χ3v) is 1.64. The first kappa shape index (κ1) is 8.82. The second-order valence-corrected chi connectivity index (χ2v) is 2.84. The summed E-state index contributed by atoms with van der Waals surface area (Å²) in [6, 6.07) is 9.03. The van der Waals surface area contributed by atoms with Gasteiger partial charge in [0.25, 0.3) is 0 Å². The van der Waals surface area contributed by atoms with Crippen molar-refractivity contribution in [3.8, 4) is 6.07 Å². The molecule has 0 fully saturated rings. The zero-order valence-electron chi connectivity index (χ0n) is 6.32. The molecule has 0 amide bonds. The highest BCUT2D eigenvalue weighted by Crippen LogP contribution is 2.08. The van der Waals surface area contributed by atoms with Gasteiger partial charge in [-0.1, -0.05) is 18.2 Å². The molecule has 0 radical (unpaired) electrons. The highest BCUT2D eigenvalue weighted by molar-refractivity contribution is 7.96. The maximum Gasteiger partial charge on any atom is 0.190 e. The Hall–Kier alpha value is -1.27. The van der Waals surface area contributed by atoms with Crippen LogP contribution < -0.4 is 0 Å². The SMILES string of the molecule is N#Cc1ccccc1CC(=O)S. The molecule has 0 atom stereocenters. The van der Waals surface area contributed by atoms with Crippen LogP contribution in [0.4, 0.5) is 0 Å². The first-order valence-corrected chi connectivity index (χ1v) is 3.88. The predicted molar refractivity (Wildman–Crippen MR) is 48.9 cm³/mol. The molecule has 0 saturated heterocycles. The first-order valence-electron chi connectivity index (χ1n) is 3.44. The lowest BCUT2D eigenvalue weighted by Crippen LogP contribution is -1.96. The van der Waals surface area contributed by atoms with Crippen molar-refractivity contribution in [3.05, 3.63) is 35.4 Å². The second-order valence-electron chi connectivity index (χ2n) is 2.34. The minimum absolute atomic E-state index is 0.215. The summed E-state index contributed by atoms with van der Waals surface area (Å²) in [5.74, 6) is 0. The summed E-state index contributed by atoms with van der Waals surface area (Å²) in [5.41, 5.74) is 1.28. The molecule has 0 spiro atoms. The van der Waals surface area contributed by atoms with Crippen LogP contribution >= 0.6 is 12.6 Å². The predicted octanol–water partition coefficient (Wildman–Crippen LogP) is 1.56. The quantitative estimate of drug-likeness (QED) is 0.696. The van der Waals surface area contributed by atoms with E-state index in [1.54, 1.807) is 24.3 Å². The lowest BCUT2D eigenvalue weighted by Gasteiger charge is -1.98. The second kappa shape index (κ2) is 3.93. The average Bonchev–Trinajstić information content (AvgIpc) is 2.04. The van der Waals surface area contributed by atoms with E-state index >= 15 is 0 Å². The molecule has 0 aliphatic carbocycles. The van der Waals surface area contributed by atoms with Crippen LogP contribution in [0, 0.1) is 11.3 Å².